The van der Waals surface area contributed by atoms with Crippen molar-refractivity contribution in [1.29, 1.82) is 0 Å². The topological polar surface area (TPSA) is 83.1 Å². The third kappa shape index (κ3) is 5.88. The zero-order valence-corrected chi connectivity index (χ0v) is 16.8. The minimum Gasteiger partial charge on any atom is -0.486 e. The predicted octanol–water partition coefficient (Wildman–Crippen LogP) is 3.32. The molecule has 1 aliphatic heterocycles. The van der Waals surface area contributed by atoms with Crippen molar-refractivity contribution >= 4 is 17.6 Å². The maximum atomic E-state index is 12.0. The highest BCUT2D eigenvalue weighted by molar-refractivity contribution is 5.93. The third-order valence-electron chi connectivity index (χ3n) is 4.27. The van der Waals surface area contributed by atoms with Crippen LogP contribution < -0.4 is 19.5 Å². The van der Waals surface area contributed by atoms with Crippen LogP contribution in [0.15, 0.2) is 42.5 Å². The molecule has 0 bridgehead atoms. The molecule has 7 heteroatoms. The molecular weight excluding hydrogens is 374 g/mol. The zero-order chi connectivity index (χ0) is 20.9. The summed E-state index contributed by atoms with van der Waals surface area (Å²) in [4.78, 5) is 23.8. The van der Waals surface area contributed by atoms with Gasteiger partial charge >= 0.3 is 5.97 Å². The molecule has 1 amide bonds. The van der Waals surface area contributed by atoms with Gasteiger partial charge in [0.05, 0.1) is 0 Å². The summed E-state index contributed by atoms with van der Waals surface area (Å²) in [6.45, 7) is 6.65. The van der Waals surface area contributed by atoms with Crippen molar-refractivity contribution in [3.63, 3.8) is 0 Å². The Morgan fingerprint density at radius 1 is 0.966 bits per heavy atom. The summed E-state index contributed by atoms with van der Waals surface area (Å²) in [6, 6.07) is 12.6. The van der Waals surface area contributed by atoms with Gasteiger partial charge in [0.25, 0.3) is 5.91 Å². The first kappa shape index (κ1) is 20.5. The summed E-state index contributed by atoms with van der Waals surface area (Å²) < 4.78 is 21.3. The molecule has 0 fully saturated rings. The molecular formula is C22H25NO6. The number of ether oxygens (including phenoxy) is 4. The molecule has 0 aromatic heterocycles. The Labute approximate surface area is 169 Å². The summed E-state index contributed by atoms with van der Waals surface area (Å²) in [6.07, 6.45) is 0. The number of carbonyl (C=O) groups is 2. The maximum Gasteiger partial charge on any atom is 0.344 e. The Balaban J connectivity index is 1.41. The second-order valence-electron chi connectivity index (χ2n) is 7.63. The average Bonchev–Trinajstić information content (AvgIpc) is 2.70. The Kier molecular flexibility index (Phi) is 6.26. The molecule has 154 valence electrons. The van der Waals surface area contributed by atoms with Gasteiger partial charge in [0.15, 0.2) is 24.7 Å². The van der Waals surface area contributed by atoms with Gasteiger partial charge < -0.3 is 24.3 Å². The van der Waals surface area contributed by atoms with Crippen LogP contribution in [0.1, 0.15) is 26.3 Å². The highest BCUT2D eigenvalue weighted by atomic mass is 16.6. The van der Waals surface area contributed by atoms with Crippen LogP contribution in [0.2, 0.25) is 0 Å². The van der Waals surface area contributed by atoms with Crippen molar-refractivity contribution in [2.45, 2.75) is 26.2 Å². The van der Waals surface area contributed by atoms with E-state index in [-0.39, 0.29) is 12.0 Å². The number of nitrogens with one attached hydrogen (secondary N) is 1. The largest absolute Gasteiger partial charge is 0.486 e. The fraction of sp³-hybridized carbons (Fsp3) is 0.364. The van der Waals surface area contributed by atoms with Gasteiger partial charge in [-0.1, -0.05) is 32.9 Å². The van der Waals surface area contributed by atoms with Crippen molar-refractivity contribution in [3.8, 4) is 17.2 Å². The number of amides is 1. The fourth-order valence-electron chi connectivity index (χ4n) is 2.70. The van der Waals surface area contributed by atoms with Crippen LogP contribution in [0.4, 0.5) is 5.69 Å². The molecule has 0 unspecified atom stereocenters. The van der Waals surface area contributed by atoms with Crippen molar-refractivity contribution in [3.05, 3.63) is 48.0 Å². The van der Waals surface area contributed by atoms with Crippen LogP contribution >= 0.6 is 0 Å². The summed E-state index contributed by atoms with van der Waals surface area (Å²) >= 11 is 0. The molecule has 0 aliphatic carbocycles. The summed E-state index contributed by atoms with van der Waals surface area (Å²) in [7, 11) is 0. The smallest absolute Gasteiger partial charge is 0.344 e. The summed E-state index contributed by atoms with van der Waals surface area (Å²) in [5.41, 5.74) is 1.75. The molecule has 3 rings (SSSR count). The first-order valence-electron chi connectivity index (χ1n) is 9.40. The lowest BCUT2D eigenvalue weighted by atomic mass is 9.87. The summed E-state index contributed by atoms with van der Waals surface area (Å²) in [5, 5.41) is 2.65. The van der Waals surface area contributed by atoms with E-state index in [0.29, 0.717) is 36.1 Å². The highest BCUT2D eigenvalue weighted by Crippen LogP contribution is 2.32. The lowest BCUT2D eigenvalue weighted by Gasteiger charge is -2.19. The van der Waals surface area contributed by atoms with E-state index in [1.807, 2.05) is 24.3 Å². The van der Waals surface area contributed by atoms with E-state index < -0.39 is 18.5 Å². The van der Waals surface area contributed by atoms with Crippen molar-refractivity contribution in [2.24, 2.45) is 0 Å². The normalized spacial score (nSPS) is 12.8. The lowest BCUT2D eigenvalue weighted by molar-refractivity contribution is -0.149. The van der Waals surface area contributed by atoms with Gasteiger partial charge in [-0.25, -0.2) is 4.79 Å². The van der Waals surface area contributed by atoms with Gasteiger partial charge in [-0.05, 0) is 35.2 Å². The van der Waals surface area contributed by atoms with Crippen LogP contribution in [0.25, 0.3) is 0 Å². The number of benzene rings is 2. The van der Waals surface area contributed by atoms with Crippen LogP contribution in [0, 0.1) is 0 Å². The number of fused-ring (bicyclic) bond motifs is 1. The van der Waals surface area contributed by atoms with Crippen LogP contribution in [0.3, 0.4) is 0 Å². The first-order chi connectivity index (χ1) is 13.8. The zero-order valence-electron chi connectivity index (χ0n) is 16.8. The third-order valence-corrected chi connectivity index (χ3v) is 4.27. The van der Waals surface area contributed by atoms with E-state index in [2.05, 4.69) is 26.1 Å². The van der Waals surface area contributed by atoms with Gasteiger partial charge in [-0.2, -0.15) is 0 Å². The maximum absolute atomic E-state index is 12.0. The second kappa shape index (κ2) is 8.86. The quantitative estimate of drug-likeness (QED) is 0.751. The van der Waals surface area contributed by atoms with Gasteiger partial charge in [0, 0.05) is 11.8 Å². The van der Waals surface area contributed by atoms with Crippen molar-refractivity contribution in [1.82, 2.24) is 0 Å². The monoisotopic (exact) mass is 399 g/mol. The predicted molar refractivity (Wildman–Crippen MR) is 108 cm³/mol. The first-order valence-corrected chi connectivity index (χ1v) is 9.40. The minimum absolute atomic E-state index is 0.0437. The van der Waals surface area contributed by atoms with E-state index in [1.54, 1.807) is 18.2 Å². The number of carbonyl (C=O) groups excluding carboxylic acids is 2. The SMILES string of the molecule is CC(C)(C)c1ccc(OCC(=O)OCC(=O)Nc2ccc3c(c2)OCCO3)cc1. The number of esters is 1. The molecule has 0 spiro atoms. The van der Waals surface area contributed by atoms with Gasteiger partial charge in [-0.3, -0.25) is 4.79 Å². The molecule has 2 aromatic rings. The van der Waals surface area contributed by atoms with Crippen LogP contribution in [-0.2, 0) is 19.7 Å². The van der Waals surface area contributed by atoms with Crippen molar-refractivity contribution in [2.75, 3.05) is 31.7 Å². The highest BCUT2D eigenvalue weighted by Gasteiger charge is 2.15. The van der Waals surface area contributed by atoms with Crippen LogP contribution in [0.5, 0.6) is 17.2 Å². The number of anilines is 1. The van der Waals surface area contributed by atoms with Gasteiger partial charge in [0.1, 0.15) is 19.0 Å². The summed E-state index contributed by atoms with van der Waals surface area (Å²) in [5.74, 6) is 0.688. The number of rotatable bonds is 6. The van der Waals surface area contributed by atoms with Crippen molar-refractivity contribution < 1.29 is 28.5 Å². The Hall–Kier alpha value is -3.22. The molecule has 2 aromatic carbocycles. The molecule has 0 saturated carbocycles. The molecule has 0 saturated heterocycles. The Bertz CT molecular complexity index is 870. The lowest BCUT2D eigenvalue weighted by Crippen LogP contribution is -2.24. The molecule has 1 aliphatic rings. The number of hydrogen-bond acceptors (Lipinski definition) is 6. The Morgan fingerprint density at radius 3 is 2.34 bits per heavy atom. The van der Waals surface area contributed by atoms with E-state index in [0.717, 1.165) is 0 Å². The van der Waals surface area contributed by atoms with Gasteiger partial charge in [-0.15, -0.1) is 0 Å². The number of hydrogen-bond donors (Lipinski definition) is 1. The second-order valence-corrected chi connectivity index (χ2v) is 7.63. The van der Waals surface area contributed by atoms with E-state index in [9.17, 15) is 9.59 Å². The molecule has 29 heavy (non-hydrogen) atoms. The Morgan fingerprint density at radius 2 is 1.66 bits per heavy atom. The van der Waals surface area contributed by atoms with E-state index in [1.165, 1.54) is 5.56 Å². The van der Waals surface area contributed by atoms with Gasteiger partial charge in [0.2, 0.25) is 0 Å². The molecule has 7 nitrogen and oxygen atoms in total. The van der Waals surface area contributed by atoms with Crippen LogP contribution in [-0.4, -0.2) is 38.3 Å². The molecule has 0 radical (unpaired) electrons. The molecule has 1 N–H and O–H groups in total. The fourth-order valence-corrected chi connectivity index (χ4v) is 2.70. The standard InChI is InChI=1S/C22H25NO6/c1-22(2,3)15-4-7-17(8-5-15)28-14-21(25)29-13-20(24)23-16-6-9-18-19(12-16)27-11-10-26-18/h4-9,12H,10-11,13-14H2,1-3H3,(H,23,24). The minimum atomic E-state index is -0.623. The molecule has 0 atom stereocenters. The average molecular weight is 399 g/mol. The van der Waals surface area contributed by atoms with E-state index >= 15 is 0 Å². The molecule has 1 heterocycles. The van der Waals surface area contributed by atoms with E-state index in [4.69, 9.17) is 18.9 Å².